The van der Waals surface area contributed by atoms with Crippen molar-refractivity contribution in [1.29, 1.82) is 0 Å². The van der Waals surface area contributed by atoms with E-state index in [4.69, 9.17) is 4.42 Å². The van der Waals surface area contributed by atoms with Crippen LogP contribution in [0.4, 0.5) is 0 Å². The van der Waals surface area contributed by atoms with Crippen molar-refractivity contribution in [3.8, 4) is 0 Å². The maximum absolute atomic E-state index is 10.5. The van der Waals surface area contributed by atoms with Crippen molar-refractivity contribution in [1.82, 2.24) is 20.4 Å². The molecule has 0 aliphatic carbocycles. The van der Waals surface area contributed by atoms with Gasteiger partial charge in [-0.25, -0.2) is 4.99 Å². The second-order valence-electron chi connectivity index (χ2n) is 6.40. The Kier molecular flexibility index (Phi) is 6.25. The lowest BCUT2D eigenvalue weighted by atomic mass is 10.0. The number of nitrogens with zero attached hydrogens (tertiary/aromatic N) is 3. The Morgan fingerprint density at radius 3 is 2.72 bits per heavy atom. The first kappa shape index (κ1) is 19.1. The van der Waals surface area contributed by atoms with Gasteiger partial charge in [-0.05, 0) is 51.8 Å². The Balaban J connectivity index is 1.96. The average Bonchev–Trinajstić information content (AvgIpc) is 3.17. The second-order valence-corrected chi connectivity index (χ2v) is 6.40. The summed E-state index contributed by atoms with van der Waals surface area (Å²) in [5, 5.41) is 21.5. The molecule has 0 bridgehead atoms. The third-order valence-corrected chi connectivity index (χ3v) is 4.27. The predicted octanol–water partition coefficient (Wildman–Crippen LogP) is 1.64. The molecule has 3 N–H and O–H groups in total. The first-order chi connectivity index (χ1) is 11.8. The van der Waals surface area contributed by atoms with Crippen molar-refractivity contribution in [2.75, 3.05) is 19.6 Å². The van der Waals surface area contributed by atoms with Crippen molar-refractivity contribution >= 4 is 5.96 Å². The third kappa shape index (κ3) is 4.85. The van der Waals surface area contributed by atoms with E-state index in [9.17, 15) is 5.11 Å². The van der Waals surface area contributed by atoms with Gasteiger partial charge in [-0.1, -0.05) is 0 Å². The number of nitrogens with one attached hydrogen (secondary N) is 2. The zero-order valence-corrected chi connectivity index (χ0v) is 15.8. The summed E-state index contributed by atoms with van der Waals surface area (Å²) in [5.74, 6) is 1.18. The topological polar surface area (TPSA) is 87.6 Å². The van der Waals surface area contributed by atoms with Crippen LogP contribution in [0.3, 0.4) is 0 Å². The fraction of sp³-hybridized carbons (Fsp3) is 0.556. The van der Waals surface area contributed by atoms with E-state index in [1.54, 1.807) is 25.3 Å². The minimum Gasteiger partial charge on any atom is -0.466 e. The van der Waals surface area contributed by atoms with Crippen molar-refractivity contribution in [3.63, 3.8) is 0 Å². The van der Waals surface area contributed by atoms with Gasteiger partial charge >= 0.3 is 0 Å². The molecule has 1 unspecified atom stereocenters. The van der Waals surface area contributed by atoms with E-state index in [1.807, 2.05) is 25.6 Å². The summed E-state index contributed by atoms with van der Waals surface area (Å²) in [7, 11) is 1.96. The van der Waals surface area contributed by atoms with Gasteiger partial charge in [-0.15, -0.1) is 0 Å². The normalized spacial score (nSPS) is 14.4. The molecule has 0 saturated heterocycles. The molecule has 25 heavy (non-hydrogen) atoms. The number of aliphatic imine (C=N–C) groups is 1. The van der Waals surface area contributed by atoms with Gasteiger partial charge in [0.25, 0.3) is 0 Å². The molecule has 7 nitrogen and oxygen atoms in total. The van der Waals surface area contributed by atoms with Gasteiger partial charge in [0.15, 0.2) is 5.96 Å². The predicted molar refractivity (Wildman–Crippen MR) is 98.6 cm³/mol. The van der Waals surface area contributed by atoms with Crippen molar-refractivity contribution in [2.45, 2.75) is 39.7 Å². The Bertz CT molecular complexity index is 701. The summed E-state index contributed by atoms with van der Waals surface area (Å²) in [5.41, 5.74) is 2.36. The van der Waals surface area contributed by atoms with Crippen LogP contribution in [0.5, 0.6) is 0 Å². The first-order valence-electron chi connectivity index (χ1n) is 8.62. The molecule has 138 valence electrons. The zero-order chi connectivity index (χ0) is 18.4. The van der Waals surface area contributed by atoms with E-state index >= 15 is 0 Å². The highest BCUT2D eigenvalue weighted by Crippen LogP contribution is 2.21. The summed E-state index contributed by atoms with van der Waals surface area (Å²) in [4.78, 5) is 4.49. The van der Waals surface area contributed by atoms with Gasteiger partial charge in [-0.2, -0.15) is 5.10 Å². The monoisotopic (exact) mass is 347 g/mol. The first-order valence-corrected chi connectivity index (χ1v) is 8.62. The van der Waals surface area contributed by atoms with Gasteiger partial charge in [0.05, 0.1) is 18.5 Å². The van der Waals surface area contributed by atoms with Crippen LogP contribution in [0.1, 0.15) is 36.6 Å². The Morgan fingerprint density at radius 1 is 1.40 bits per heavy atom. The van der Waals surface area contributed by atoms with Crippen LogP contribution in [0.2, 0.25) is 0 Å². The van der Waals surface area contributed by atoms with Crippen LogP contribution >= 0.6 is 0 Å². The van der Waals surface area contributed by atoms with Crippen molar-refractivity contribution < 1.29 is 9.52 Å². The molecule has 0 aromatic carbocycles. The molecule has 0 aliphatic heterocycles. The zero-order valence-electron chi connectivity index (χ0n) is 15.8. The standard InChI is InChI=1S/C18H29N5O2/c1-6-19-17(21-12-18(4,24)16-8-7-11-25-16)20-10-9-15-13(2)22-23(5)14(15)3/h7-8,11,24H,6,9-10,12H2,1-5H3,(H2,19,20,21). The molecule has 0 radical (unpaired) electrons. The van der Waals surface area contributed by atoms with E-state index in [1.165, 1.54) is 11.3 Å². The third-order valence-electron chi connectivity index (χ3n) is 4.27. The molecule has 0 aliphatic rings. The summed E-state index contributed by atoms with van der Waals surface area (Å²) < 4.78 is 7.20. The summed E-state index contributed by atoms with van der Waals surface area (Å²) in [6.45, 7) is 9.51. The number of hydrogen-bond acceptors (Lipinski definition) is 4. The Hall–Kier alpha value is -2.28. The highest BCUT2D eigenvalue weighted by molar-refractivity contribution is 5.79. The maximum Gasteiger partial charge on any atom is 0.191 e. The largest absolute Gasteiger partial charge is 0.466 e. The molecule has 7 heteroatoms. The Labute approximate surface area is 149 Å². The molecule has 0 amide bonds. The molecule has 1 atom stereocenters. The van der Waals surface area contributed by atoms with Crippen LogP contribution in [0.25, 0.3) is 0 Å². The number of aliphatic hydroxyl groups is 1. The molecule has 0 saturated carbocycles. The minimum absolute atomic E-state index is 0.209. The number of aromatic nitrogens is 2. The molecule has 2 aromatic heterocycles. The summed E-state index contributed by atoms with van der Waals surface area (Å²) in [6.07, 6.45) is 2.42. The molecule has 0 spiro atoms. The molecule has 2 aromatic rings. The Morgan fingerprint density at radius 2 is 2.16 bits per heavy atom. The van der Waals surface area contributed by atoms with Crippen LogP contribution in [0, 0.1) is 13.8 Å². The van der Waals surface area contributed by atoms with Gasteiger partial charge in [0.1, 0.15) is 11.4 Å². The molecule has 0 fully saturated rings. The maximum atomic E-state index is 10.5. The van der Waals surface area contributed by atoms with Gasteiger partial charge in [0.2, 0.25) is 0 Å². The van der Waals surface area contributed by atoms with E-state index in [0.717, 1.165) is 25.2 Å². The minimum atomic E-state index is -1.14. The van der Waals surface area contributed by atoms with E-state index in [0.29, 0.717) is 11.7 Å². The lowest BCUT2D eigenvalue weighted by Crippen LogP contribution is -2.39. The highest BCUT2D eigenvalue weighted by atomic mass is 16.4. The van der Waals surface area contributed by atoms with Crippen molar-refractivity contribution in [3.05, 3.63) is 41.1 Å². The number of furan rings is 1. The smallest absolute Gasteiger partial charge is 0.191 e. The van der Waals surface area contributed by atoms with E-state index in [-0.39, 0.29) is 6.54 Å². The second kappa shape index (κ2) is 8.20. The van der Waals surface area contributed by atoms with Crippen LogP contribution in [-0.4, -0.2) is 40.5 Å². The fourth-order valence-corrected chi connectivity index (χ4v) is 2.72. The van der Waals surface area contributed by atoms with Crippen LogP contribution in [0.15, 0.2) is 27.8 Å². The SMILES string of the molecule is CCNC(=NCC(C)(O)c1ccco1)NCCc1c(C)nn(C)c1C. The van der Waals surface area contributed by atoms with Gasteiger partial charge in [0, 0.05) is 25.8 Å². The average molecular weight is 347 g/mol. The number of rotatable bonds is 7. The summed E-state index contributed by atoms with van der Waals surface area (Å²) in [6, 6.07) is 3.51. The van der Waals surface area contributed by atoms with Crippen LogP contribution < -0.4 is 10.6 Å². The summed E-state index contributed by atoms with van der Waals surface area (Å²) >= 11 is 0. The highest BCUT2D eigenvalue weighted by Gasteiger charge is 2.26. The van der Waals surface area contributed by atoms with Gasteiger partial charge < -0.3 is 20.2 Å². The number of aryl methyl sites for hydroxylation is 2. The molecular formula is C18H29N5O2. The van der Waals surface area contributed by atoms with E-state index < -0.39 is 5.60 Å². The van der Waals surface area contributed by atoms with Crippen molar-refractivity contribution in [2.24, 2.45) is 12.0 Å². The molecular weight excluding hydrogens is 318 g/mol. The van der Waals surface area contributed by atoms with Crippen LogP contribution in [-0.2, 0) is 19.1 Å². The van der Waals surface area contributed by atoms with Gasteiger partial charge in [-0.3, -0.25) is 4.68 Å². The fourth-order valence-electron chi connectivity index (χ4n) is 2.72. The lowest BCUT2D eigenvalue weighted by Gasteiger charge is -2.19. The number of guanidine groups is 1. The lowest BCUT2D eigenvalue weighted by molar-refractivity contribution is 0.0437. The van der Waals surface area contributed by atoms with E-state index in [2.05, 4.69) is 27.6 Å². The molecule has 2 heterocycles. The number of hydrogen-bond donors (Lipinski definition) is 3. The quantitative estimate of drug-likeness (QED) is 0.523. The molecule has 2 rings (SSSR count).